The summed E-state index contributed by atoms with van der Waals surface area (Å²) in [7, 11) is 0. The number of halogens is 2. The van der Waals surface area contributed by atoms with Crippen molar-refractivity contribution in [3.8, 4) is 0 Å². The van der Waals surface area contributed by atoms with Crippen molar-refractivity contribution in [2.24, 2.45) is 11.7 Å². The lowest BCUT2D eigenvalue weighted by Crippen LogP contribution is -2.38. The number of allylic oxidation sites excluding steroid dienone is 3. The molecule has 1 rings (SSSR count). The third-order valence-electron chi connectivity index (χ3n) is 1.76. The maximum atomic E-state index is 12.9. The van der Waals surface area contributed by atoms with Gasteiger partial charge < -0.3 is 5.73 Å². The highest BCUT2D eigenvalue weighted by molar-refractivity contribution is 5.19. The summed E-state index contributed by atoms with van der Waals surface area (Å²) < 4.78 is 25.8. The molecule has 0 heterocycles. The van der Waals surface area contributed by atoms with E-state index in [1.54, 1.807) is 13.0 Å². The van der Waals surface area contributed by atoms with Crippen LogP contribution in [0.5, 0.6) is 0 Å². The topological polar surface area (TPSA) is 26.0 Å². The zero-order chi connectivity index (χ0) is 8.48. The third kappa shape index (κ3) is 1.66. The Morgan fingerprint density at radius 1 is 1.45 bits per heavy atom. The van der Waals surface area contributed by atoms with Gasteiger partial charge in [0.25, 0.3) is 5.92 Å². The molecular formula is C8H11F2N. The van der Waals surface area contributed by atoms with E-state index in [-0.39, 0.29) is 0 Å². The van der Waals surface area contributed by atoms with E-state index in [1.807, 2.05) is 0 Å². The predicted octanol–water partition coefficient (Wildman–Crippen LogP) is 1.71. The summed E-state index contributed by atoms with van der Waals surface area (Å²) in [4.78, 5) is 0. The molecule has 0 bridgehead atoms. The average Bonchev–Trinajstić information content (AvgIpc) is 1.85. The molecule has 0 fully saturated rings. The number of hydrogen-bond donors (Lipinski definition) is 1. The quantitative estimate of drug-likeness (QED) is 0.619. The Morgan fingerprint density at radius 2 is 2.09 bits per heavy atom. The highest BCUT2D eigenvalue weighted by Gasteiger charge is 2.38. The van der Waals surface area contributed by atoms with Crippen molar-refractivity contribution >= 4 is 0 Å². The lowest BCUT2D eigenvalue weighted by molar-refractivity contribution is 0.00174. The summed E-state index contributed by atoms with van der Waals surface area (Å²) in [5, 5.41) is 0. The highest BCUT2D eigenvalue weighted by atomic mass is 19.3. The minimum absolute atomic E-state index is 0.508. The van der Waals surface area contributed by atoms with Gasteiger partial charge in [0, 0.05) is 6.04 Å². The summed E-state index contributed by atoms with van der Waals surface area (Å²) >= 11 is 0. The Hall–Kier alpha value is -0.700. The summed E-state index contributed by atoms with van der Waals surface area (Å²) in [5.41, 5.74) is 5.38. The van der Waals surface area contributed by atoms with Gasteiger partial charge in [0.05, 0.1) is 5.92 Å². The van der Waals surface area contributed by atoms with Gasteiger partial charge in [0.15, 0.2) is 0 Å². The van der Waals surface area contributed by atoms with E-state index in [0.717, 1.165) is 6.08 Å². The summed E-state index contributed by atoms with van der Waals surface area (Å²) in [5.74, 6) is -3.63. The van der Waals surface area contributed by atoms with Crippen molar-refractivity contribution in [2.45, 2.75) is 18.9 Å². The molecule has 1 aliphatic carbocycles. The van der Waals surface area contributed by atoms with Crippen LogP contribution in [0, 0.1) is 5.92 Å². The predicted molar refractivity (Wildman–Crippen MR) is 40.4 cm³/mol. The molecule has 11 heavy (non-hydrogen) atoms. The lowest BCUT2D eigenvalue weighted by Gasteiger charge is -2.26. The molecule has 0 saturated heterocycles. The van der Waals surface area contributed by atoms with Crippen LogP contribution in [-0.2, 0) is 0 Å². The van der Waals surface area contributed by atoms with Crippen LogP contribution in [0.2, 0.25) is 0 Å². The smallest absolute Gasteiger partial charge is 0.274 e. The van der Waals surface area contributed by atoms with E-state index < -0.39 is 17.9 Å². The highest BCUT2D eigenvalue weighted by Crippen LogP contribution is 2.31. The van der Waals surface area contributed by atoms with Gasteiger partial charge in [-0.1, -0.05) is 18.2 Å². The van der Waals surface area contributed by atoms with Gasteiger partial charge in [0.1, 0.15) is 0 Å². The standard InChI is InChI=1S/C8H11F2N/c1-6(11)7-4-2-3-5-8(7,9)10/h2-7H,11H2,1H3. The monoisotopic (exact) mass is 159 g/mol. The van der Waals surface area contributed by atoms with E-state index in [9.17, 15) is 8.78 Å². The summed E-state index contributed by atoms with van der Waals surface area (Å²) in [6, 6.07) is -0.508. The average molecular weight is 159 g/mol. The number of alkyl halides is 2. The molecule has 0 saturated carbocycles. The van der Waals surface area contributed by atoms with Gasteiger partial charge in [-0.05, 0) is 13.0 Å². The Labute approximate surface area is 64.6 Å². The van der Waals surface area contributed by atoms with Crippen LogP contribution in [-0.4, -0.2) is 12.0 Å². The number of nitrogens with two attached hydrogens (primary N) is 1. The van der Waals surface area contributed by atoms with Crippen LogP contribution in [0.25, 0.3) is 0 Å². The molecule has 0 aliphatic heterocycles. The van der Waals surface area contributed by atoms with Gasteiger partial charge in [-0.15, -0.1) is 0 Å². The van der Waals surface area contributed by atoms with Gasteiger partial charge in [-0.25, -0.2) is 8.78 Å². The first-order valence-electron chi connectivity index (χ1n) is 3.53. The minimum Gasteiger partial charge on any atom is -0.327 e. The van der Waals surface area contributed by atoms with Crippen molar-refractivity contribution in [3.63, 3.8) is 0 Å². The van der Waals surface area contributed by atoms with Crippen LogP contribution < -0.4 is 5.73 Å². The lowest BCUT2D eigenvalue weighted by atomic mass is 9.91. The van der Waals surface area contributed by atoms with Crippen molar-refractivity contribution in [1.29, 1.82) is 0 Å². The first-order chi connectivity index (χ1) is 5.04. The van der Waals surface area contributed by atoms with E-state index in [1.165, 1.54) is 12.2 Å². The maximum absolute atomic E-state index is 12.9. The van der Waals surface area contributed by atoms with Gasteiger partial charge in [-0.3, -0.25) is 0 Å². The van der Waals surface area contributed by atoms with Gasteiger partial charge in [0.2, 0.25) is 0 Å². The molecule has 3 heteroatoms. The Morgan fingerprint density at radius 3 is 2.45 bits per heavy atom. The maximum Gasteiger partial charge on any atom is 0.274 e. The van der Waals surface area contributed by atoms with E-state index >= 15 is 0 Å². The minimum atomic E-state index is -2.77. The van der Waals surface area contributed by atoms with E-state index in [2.05, 4.69) is 0 Å². The number of hydrogen-bond acceptors (Lipinski definition) is 1. The van der Waals surface area contributed by atoms with Crippen molar-refractivity contribution in [1.82, 2.24) is 0 Å². The fourth-order valence-corrected chi connectivity index (χ4v) is 1.13. The SMILES string of the molecule is CC(N)C1C=CC=CC1(F)F. The first-order valence-corrected chi connectivity index (χ1v) is 3.53. The number of rotatable bonds is 1. The van der Waals surface area contributed by atoms with Gasteiger partial charge in [-0.2, -0.15) is 0 Å². The molecule has 2 unspecified atom stereocenters. The molecular weight excluding hydrogens is 148 g/mol. The fraction of sp³-hybridized carbons (Fsp3) is 0.500. The largest absolute Gasteiger partial charge is 0.327 e. The zero-order valence-corrected chi connectivity index (χ0v) is 6.30. The second-order valence-electron chi connectivity index (χ2n) is 2.80. The fourth-order valence-electron chi connectivity index (χ4n) is 1.13. The van der Waals surface area contributed by atoms with Crippen LogP contribution in [0.15, 0.2) is 24.3 Å². The molecule has 2 N–H and O–H groups in total. The molecule has 0 aromatic heterocycles. The molecule has 2 atom stereocenters. The van der Waals surface area contributed by atoms with Crippen molar-refractivity contribution in [3.05, 3.63) is 24.3 Å². The van der Waals surface area contributed by atoms with E-state index in [4.69, 9.17) is 5.73 Å². The Balaban J connectivity index is 2.80. The first kappa shape index (κ1) is 8.40. The Kier molecular flexibility index (Phi) is 2.09. The second kappa shape index (κ2) is 2.74. The molecule has 0 aromatic carbocycles. The van der Waals surface area contributed by atoms with E-state index in [0.29, 0.717) is 0 Å². The molecule has 0 amide bonds. The molecule has 1 aliphatic rings. The summed E-state index contributed by atoms with van der Waals surface area (Å²) in [6.45, 7) is 1.59. The molecule has 62 valence electrons. The van der Waals surface area contributed by atoms with Crippen molar-refractivity contribution in [2.75, 3.05) is 0 Å². The van der Waals surface area contributed by atoms with Crippen LogP contribution in [0.1, 0.15) is 6.92 Å². The molecule has 1 nitrogen and oxygen atoms in total. The molecule has 0 aromatic rings. The summed E-state index contributed by atoms with van der Waals surface area (Å²) in [6.07, 6.45) is 5.29. The van der Waals surface area contributed by atoms with Crippen LogP contribution >= 0.6 is 0 Å². The molecule has 0 radical (unpaired) electrons. The van der Waals surface area contributed by atoms with Crippen LogP contribution in [0.3, 0.4) is 0 Å². The molecule has 0 spiro atoms. The normalized spacial score (nSPS) is 30.4. The zero-order valence-electron chi connectivity index (χ0n) is 6.30. The van der Waals surface area contributed by atoms with Gasteiger partial charge >= 0.3 is 0 Å². The van der Waals surface area contributed by atoms with Crippen molar-refractivity contribution < 1.29 is 8.78 Å². The second-order valence-corrected chi connectivity index (χ2v) is 2.80. The third-order valence-corrected chi connectivity index (χ3v) is 1.76. The van der Waals surface area contributed by atoms with Crippen LogP contribution in [0.4, 0.5) is 8.78 Å². The Bertz CT molecular complexity index is 194.